The van der Waals surface area contributed by atoms with E-state index in [-0.39, 0.29) is 18.5 Å². The number of hydrogen-bond acceptors (Lipinski definition) is 3. The van der Waals surface area contributed by atoms with Gasteiger partial charge in [0.2, 0.25) is 0 Å². The molecule has 1 saturated carbocycles. The molecular weight excluding hydrogens is 270 g/mol. The van der Waals surface area contributed by atoms with Crippen molar-refractivity contribution in [3.05, 3.63) is 24.0 Å². The van der Waals surface area contributed by atoms with Gasteiger partial charge in [-0.15, -0.1) is 0 Å². The van der Waals surface area contributed by atoms with E-state index in [0.29, 0.717) is 11.4 Å². The van der Waals surface area contributed by atoms with Gasteiger partial charge in [-0.25, -0.2) is 4.79 Å². The molecule has 0 bridgehead atoms. The lowest BCUT2D eigenvalue weighted by atomic mass is 10.1. The summed E-state index contributed by atoms with van der Waals surface area (Å²) >= 11 is 0. The van der Waals surface area contributed by atoms with Crippen molar-refractivity contribution >= 4 is 17.7 Å². The first-order chi connectivity index (χ1) is 10.1. The fourth-order valence-electron chi connectivity index (χ4n) is 2.19. The average Bonchev–Trinajstić information content (AvgIpc) is 3.23. The molecule has 21 heavy (non-hydrogen) atoms. The summed E-state index contributed by atoms with van der Waals surface area (Å²) in [5.74, 6) is -0.154. The zero-order valence-electron chi connectivity index (χ0n) is 12.1. The first kappa shape index (κ1) is 15.3. The first-order valence-electron chi connectivity index (χ1n) is 7.31. The van der Waals surface area contributed by atoms with Crippen LogP contribution in [0.25, 0.3) is 0 Å². The van der Waals surface area contributed by atoms with Gasteiger partial charge >= 0.3 is 12.0 Å². The molecule has 1 aliphatic carbocycles. The number of hydrogen-bond donors (Lipinski definition) is 3. The second-order valence-electron chi connectivity index (χ2n) is 5.49. The molecule has 1 aromatic rings. The lowest BCUT2D eigenvalue weighted by molar-refractivity contribution is -0.136. The number of anilines is 1. The van der Waals surface area contributed by atoms with Crippen LogP contribution in [0, 0.1) is 5.92 Å². The van der Waals surface area contributed by atoms with Crippen LogP contribution in [0.5, 0.6) is 0 Å². The van der Waals surface area contributed by atoms with Crippen LogP contribution in [-0.4, -0.2) is 28.1 Å². The van der Waals surface area contributed by atoms with Crippen LogP contribution in [0.3, 0.4) is 0 Å². The molecule has 2 amide bonds. The number of urea groups is 1. The number of rotatable bonds is 7. The summed E-state index contributed by atoms with van der Waals surface area (Å²) < 4.78 is 0. The minimum Gasteiger partial charge on any atom is -0.481 e. The Morgan fingerprint density at radius 3 is 2.71 bits per heavy atom. The third kappa shape index (κ3) is 5.41. The number of amides is 2. The van der Waals surface area contributed by atoms with Crippen molar-refractivity contribution < 1.29 is 14.7 Å². The summed E-state index contributed by atoms with van der Waals surface area (Å²) in [4.78, 5) is 26.5. The topological polar surface area (TPSA) is 91.3 Å². The fourth-order valence-corrected chi connectivity index (χ4v) is 2.19. The molecule has 1 atom stereocenters. The van der Waals surface area contributed by atoms with Gasteiger partial charge in [-0.2, -0.15) is 0 Å². The number of carbonyl (C=O) groups excluding carboxylic acids is 1. The van der Waals surface area contributed by atoms with Gasteiger partial charge in [0.05, 0.1) is 24.0 Å². The van der Waals surface area contributed by atoms with Gasteiger partial charge in [-0.05, 0) is 30.9 Å². The monoisotopic (exact) mass is 291 g/mol. The lowest BCUT2D eigenvalue weighted by Gasteiger charge is -2.17. The van der Waals surface area contributed by atoms with Gasteiger partial charge in [0.15, 0.2) is 0 Å². The highest BCUT2D eigenvalue weighted by Gasteiger charge is 2.25. The number of nitrogens with one attached hydrogen (secondary N) is 2. The van der Waals surface area contributed by atoms with E-state index in [4.69, 9.17) is 5.11 Å². The van der Waals surface area contributed by atoms with Crippen LogP contribution in [-0.2, 0) is 11.2 Å². The van der Waals surface area contributed by atoms with Crippen molar-refractivity contribution in [2.75, 3.05) is 5.32 Å². The van der Waals surface area contributed by atoms with Crippen LogP contribution in [0.4, 0.5) is 10.5 Å². The molecule has 6 heteroatoms. The molecule has 0 saturated heterocycles. The van der Waals surface area contributed by atoms with Crippen molar-refractivity contribution in [3.63, 3.8) is 0 Å². The highest BCUT2D eigenvalue weighted by atomic mass is 16.4. The van der Waals surface area contributed by atoms with Crippen molar-refractivity contribution in [1.29, 1.82) is 0 Å². The maximum Gasteiger partial charge on any atom is 0.319 e. The van der Waals surface area contributed by atoms with Gasteiger partial charge in [0.1, 0.15) is 0 Å². The number of carboxylic acid groups (broad SMARTS) is 1. The molecule has 1 unspecified atom stereocenters. The standard InChI is InChI=1S/C15H21N3O3/c1-2-11(7-10-3-4-10)17-15(21)18-13-6-5-12(16-9-13)8-14(19)20/h5-6,9-11H,2-4,7-8H2,1H3,(H,19,20)(H2,17,18,21). The summed E-state index contributed by atoms with van der Waals surface area (Å²) in [6.45, 7) is 2.07. The largest absolute Gasteiger partial charge is 0.481 e. The Labute approximate surface area is 124 Å². The quantitative estimate of drug-likeness (QED) is 0.719. The second-order valence-corrected chi connectivity index (χ2v) is 5.49. The molecule has 0 spiro atoms. The summed E-state index contributed by atoms with van der Waals surface area (Å²) in [7, 11) is 0. The third-order valence-corrected chi connectivity index (χ3v) is 3.56. The van der Waals surface area contributed by atoms with Crippen LogP contribution in [0.15, 0.2) is 18.3 Å². The number of aliphatic carboxylic acids is 1. The summed E-state index contributed by atoms with van der Waals surface area (Å²) in [6, 6.07) is 3.23. The first-order valence-corrected chi connectivity index (χ1v) is 7.31. The number of nitrogens with zero attached hydrogens (tertiary/aromatic N) is 1. The molecule has 1 aromatic heterocycles. The lowest BCUT2D eigenvalue weighted by Crippen LogP contribution is -2.37. The Morgan fingerprint density at radius 1 is 1.43 bits per heavy atom. The Kier molecular flexibility index (Phi) is 5.14. The van der Waals surface area contributed by atoms with E-state index in [1.807, 2.05) is 0 Å². The summed E-state index contributed by atoms with van der Waals surface area (Å²) in [6.07, 6.45) is 5.86. The molecule has 3 N–H and O–H groups in total. The van der Waals surface area contributed by atoms with Gasteiger partial charge in [0.25, 0.3) is 0 Å². The maximum atomic E-state index is 11.9. The zero-order valence-corrected chi connectivity index (χ0v) is 12.1. The fraction of sp³-hybridized carbons (Fsp3) is 0.533. The Balaban J connectivity index is 1.82. The van der Waals surface area contributed by atoms with E-state index in [9.17, 15) is 9.59 Å². The Morgan fingerprint density at radius 2 is 2.19 bits per heavy atom. The van der Waals surface area contributed by atoms with E-state index >= 15 is 0 Å². The molecule has 0 aromatic carbocycles. The minimum absolute atomic E-state index is 0.119. The molecule has 6 nitrogen and oxygen atoms in total. The van der Waals surface area contributed by atoms with E-state index in [0.717, 1.165) is 18.8 Å². The highest BCUT2D eigenvalue weighted by Crippen LogP contribution is 2.34. The minimum atomic E-state index is -0.924. The predicted molar refractivity (Wildman–Crippen MR) is 79.2 cm³/mol. The third-order valence-electron chi connectivity index (χ3n) is 3.56. The van der Waals surface area contributed by atoms with Gasteiger partial charge < -0.3 is 15.7 Å². The van der Waals surface area contributed by atoms with Gasteiger partial charge in [0, 0.05) is 6.04 Å². The molecular formula is C15H21N3O3. The van der Waals surface area contributed by atoms with E-state index in [1.54, 1.807) is 12.1 Å². The smallest absolute Gasteiger partial charge is 0.319 e. The van der Waals surface area contributed by atoms with E-state index < -0.39 is 5.97 Å². The molecule has 1 aliphatic rings. The maximum absolute atomic E-state index is 11.9. The second kappa shape index (κ2) is 7.06. The van der Waals surface area contributed by atoms with Crippen LogP contribution >= 0.6 is 0 Å². The number of aromatic nitrogens is 1. The molecule has 114 valence electrons. The molecule has 1 fully saturated rings. The average molecular weight is 291 g/mol. The van der Waals surface area contributed by atoms with Gasteiger partial charge in [-0.3, -0.25) is 9.78 Å². The normalized spacial score (nSPS) is 15.3. The van der Waals surface area contributed by atoms with E-state index in [2.05, 4.69) is 22.5 Å². The Hall–Kier alpha value is -2.11. The Bertz CT molecular complexity index is 497. The number of carboxylic acids is 1. The van der Waals surface area contributed by atoms with Crippen LogP contribution in [0.1, 0.15) is 38.3 Å². The summed E-state index contributed by atoms with van der Waals surface area (Å²) in [5, 5.41) is 14.3. The molecule has 0 aliphatic heterocycles. The highest BCUT2D eigenvalue weighted by molar-refractivity contribution is 5.89. The molecule has 2 rings (SSSR count). The van der Waals surface area contributed by atoms with Crippen molar-refractivity contribution in [1.82, 2.24) is 10.3 Å². The molecule has 1 heterocycles. The SMILES string of the molecule is CCC(CC1CC1)NC(=O)Nc1ccc(CC(=O)O)nc1. The number of carbonyl (C=O) groups is 2. The van der Waals surface area contributed by atoms with Crippen LogP contribution in [0.2, 0.25) is 0 Å². The predicted octanol–water partition coefficient (Wildman–Crippen LogP) is 2.41. The zero-order chi connectivity index (χ0) is 15.2. The van der Waals surface area contributed by atoms with E-state index in [1.165, 1.54) is 19.0 Å². The summed E-state index contributed by atoms with van der Waals surface area (Å²) in [5.41, 5.74) is 1.02. The van der Waals surface area contributed by atoms with Gasteiger partial charge in [-0.1, -0.05) is 19.8 Å². The van der Waals surface area contributed by atoms with Crippen LogP contribution < -0.4 is 10.6 Å². The van der Waals surface area contributed by atoms with Crippen molar-refractivity contribution in [3.8, 4) is 0 Å². The number of pyridine rings is 1. The van der Waals surface area contributed by atoms with Crippen molar-refractivity contribution in [2.24, 2.45) is 5.92 Å². The van der Waals surface area contributed by atoms with Crippen molar-refractivity contribution in [2.45, 2.75) is 45.1 Å². The molecule has 0 radical (unpaired) electrons.